The van der Waals surface area contributed by atoms with Gasteiger partial charge in [-0.2, -0.15) is 0 Å². The molecule has 0 aliphatic rings. The van der Waals surface area contributed by atoms with E-state index >= 15 is 0 Å². The first-order valence-electron chi connectivity index (χ1n) is 7.02. The minimum atomic E-state index is -0.965. The van der Waals surface area contributed by atoms with E-state index in [1.54, 1.807) is 18.2 Å². The summed E-state index contributed by atoms with van der Waals surface area (Å²) >= 11 is 8.97. The van der Waals surface area contributed by atoms with Crippen LogP contribution in [0.4, 0.5) is 5.69 Å². The second-order valence-electron chi connectivity index (χ2n) is 4.88. The van der Waals surface area contributed by atoms with E-state index in [9.17, 15) is 4.79 Å². The fourth-order valence-electron chi connectivity index (χ4n) is 2.10. The Hall–Kier alpha value is -2.40. The zero-order chi connectivity index (χ0) is 17.8. The summed E-state index contributed by atoms with van der Waals surface area (Å²) in [5.41, 5.74) is 1.84. The topological polar surface area (TPSA) is 67.4 Å². The first-order valence-corrected chi connectivity index (χ1v) is 9.26. The van der Waals surface area contributed by atoms with E-state index in [1.807, 2.05) is 23.6 Å². The van der Waals surface area contributed by atoms with Crippen LogP contribution in [0.5, 0.6) is 0 Å². The third kappa shape index (κ3) is 3.99. The maximum Gasteiger partial charge on any atom is 0.335 e. The van der Waals surface area contributed by atoms with Crippen LogP contribution >= 0.6 is 34.7 Å². The lowest BCUT2D eigenvalue weighted by Crippen LogP contribution is -1.97. The van der Waals surface area contributed by atoms with Crippen molar-refractivity contribution in [1.29, 1.82) is 0 Å². The highest BCUT2D eigenvalue weighted by atomic mass is 35.5. The van der Waals surface area contributed by atoms with E-state index in [4.69, 9.17) is 23.3 Å². The molecule has 0 atom stereocenters. The van der Waals surface area contributed by atoms with Crippen molar-refractivity contribution in [3.8, 4) is 10.6 Å². The van der Waals surface area contributed by atoms with Gasteiger partial charge in [-0.05, 0) is 29.1 Å². The Bertz CT molecular complexity index is 969. The van der Waals surface area contributed by atoms with Crippen molar-refractivity contribution < 1.29 is 9.90 Å². The number of thioether (sulfide) groups is 1. The number of rotatable bonds is 5. The summed E-state index contributed by atoms with van der Waals surface area (Å²) in [6.45, 7) is 7.30. The second kappa shape index (κ2) is 7.66. The number of benzene rings is 1. The van der Waals surface area contributed by atoms with Gasteiger partial charge in [-0.3, -0.25) is 0 Å². The Morgan fingerprint density at radius 2 is 2.16 bits per heavy atom. The minimum absolute atomic E-state index is 0.121. The van der Waals surface area contributed by atoms with Crippen LogP contribution in [0.15, 0.2) is 46.9 Å². The highest BCUT2D eigenvalue weighted by Crippen LogP contribution is 2.38. The number of carbonyl (C=O) groups is 1. The fourth-order valence-corrected chi connectivity index (χ4v) is 3.86. The second-order valence-corrected chi connectivity index (χ2v) is 7.13. The SMILES string of the molecule is [C-]#[N+]c1c(Cl)nc(SCc2cccc(C(=O)O)c2)nc1-c1cccs1. The van der Waals surface area contributed by atoms with Crippen LogP contribution in [0, 0.1) is 6.57 Å². The first-order chi connectivity index (χ1) is 12.1. The molecule has 0 saturated heterocycles. The van der Waals surface area contributed by atoms with E-state index in [0.717, 1.165) is 10.4 Å². The third-order valence-corrected chi connectivity index (χ3v) is 5.29. The van der Waals surface area contributed by atoms with Crippen LogP contribution in [0.25, 0.3) is 15.4 Å². The lowest BCUT2D eigenvalue weighted by atomic mass is 10.1. The Morgan fingerprint density at radius 3 is 2.84 bits per heavy atom. The van der Waals surface area contributed by atoms with Crippen molar-refractivity contribution in [3.63, 3.8) is 0 Å². The van der Waals surface area contributed by atoms with Gasteiger partial charge in [-0.15, -0.1) is 11.3 Å². The molecule has 3 aromatic rings. The molecular formula is C17H10ClN3O2S2. The van der Waals surface area contributed by atoms with Crippen molar-refractivity contribution in [3.05, 3.63) is 69.5 Å². The molecule has 1 aromatic carbocycles. The molecule has 0 fully saturated rings. The van der Waals surface area contributed by atoms with Gasteiger partial charge in [0, 0.05) is 10.6 Å². The summed E-state index contributed by atoms with van der Waals surface area (Å²) in [5.74, 6) is -0.467. The Balaban J connectivity index is 1.88. The predicted molar refractivity (Wildman–Crippen MR) is 99.6 cm³/mol. The van der Waals surface area contributed by atoms with Crippen molar-refractivity contribution in [1.82, 2.24) is 9.97 Å². The molecule has 2 aromatic heterocycles. The number of carboxylic acid groups (broad SMARTS) is 1. The summed E-state index contributed by atoms with van der Waals surface area (Å²) in [6.07, 6.45) is 0. The van der Waals surface area contributed by atoms with Crippen LogP contribution in [0.2, 0.25) is 5.15 Å². The number of hydrogen-bond donors (Lipinski definition) is 1. The van der Waals surface area contributed by atoms with Crippen LogP contribution < -0.4 is 0 Å². The molecule has 0 aliphatic heterocycles. The first kappa shape index (κ1) is 17.4. The number of halogens is 1. The van der Waals surface area contributed by atoms with E-state index in [1.165, 1.54) is 23.1 Å². The average molecular weight is 388 g/mol. The standard InChI is InChI=1S/C17H10ClN3O2S2/c1-19-14-13(12-6-3-7-24-12)20-17(21-15(14)18)25-9-10-4-2-5-11(8-10)16(22)23/h2-8H,9H2,(H,22,23). The largest absolute Gasteiger partial charge is 0.478 e. The molecule has 124 valence electrons. The van der Waals surface area contributed by atoms with Gasteiger partial charge in [-0.1, -0.05) is 41.6 Å². The summed E-state index contributed by atoms with van der Waals surface area (Å²) in [4.78, 5) is 24.0. The van der Waals surface area contributed by atoms with E-state index in [-0.39, 0.29) is 16.4 Å². The minimum Gasteiger partial charge on any atom is -0.478 e. The van der Waals surface area contributed by atoms with E-state index in [0.29, 0.717) is 16.6 Å². The van der Waals surface area contributed by atoms with Gasteiger partial charge in [0.2, 0.25) is 5.69 Å². The number of hydrogen-bond acceptors (Lipinski definition) is 5. The van der Waals surface area contributed by atoms with Crippen LogP contribution in [-0.2, 0) is 5.75 Å². The molecule has 2 heterocycles. The molecule has 0 saturated carbocycles. The maximum absolute atomic E-state index is 11.0. The smallest absolute Gasteiger partial charge is 0.335 e. The van der Waals surface area contributed by atoms with E-state index < -0.39 is 5.97 Å². The van der Waals surface area contributed by atoms with Gasteiger partial charge < -0.3 is 5.11 Å². The summed E-state index contributed by atoms with van der Waals surface area (Å²) in [5, 5.41) is 11.5. The van der Waals surface area contributed by atoms with Crippen molar-refractivity contribution in [2.75, 3.05) is 0 Å². The quantitative estimate of drug-likeness (QED) is 0.275. The zero-order valence-corrected chi connectivity index (χ0v) is 15.0. The third-order valence-electron chi connectivity index (χ3n) is 3.23. The van der Waals surface area contributed by atoms with E-state index in [2.05, 4.69) is 14.8 Å². The normalized spacial score (nSPS) is 10.4. The highest BCUT2D eigenvalue weighted by Gasteiger charge is 2.16. The predicted octanol–water partition coefficient (Wildman–Crippen LogP) is 5.40. The summed E-state index contributed by atoms with van der Waals surface area (Å²) < 4.78 is 0. The highest BCUT2D eigenvalue weighted by molar-refractivity contribution is 7.98. The molecular weight excluding hydrogens is 378 g/mol. The molecule has 3 rings (SSSR count). The molecule has 25 heavy (non-hydrogen) atoms. The van der Waals surface area contributed by atoms with Crippen LogP contribution in [0.3, 0.4) is 0 Å². The number of carboxylic acids is 1. The molecule has 0 aliphatic carbocycles. The number of thiophene rings is 1. The van der Waals surface area contributed by atoms with Crippen molar-refractivity contribution in [2.45, 2.75) is 10.9 Å². The van der Waals surface area contributed by atoms with Crippen molar-refractivity contribution >= 4 is 46.4 Å². The maximum atomic E-state index is 11.0. The number of aromatic carboxylic acids is 1. The van der Waals surface area contributed by atoms with Crippen LogP contribution in [0.1, 0.15) is 15.9 Å². The average Bonchev–Trinajstić information content (AvgIpc) is 3.14. The molecule has 0 radical (unpaired) electrons. The molecule has 0 unspecified atom stereocenters. The van der Waals surface area contributed by atoms with Gasteiger partial charge in [0.05, 0.1) is 17.8 Å². The molecule has 0 spiro atoms. The monoisotopic (exact) mass is 387 g/mol. The Morgan fingerprint density at radius 1 is 1.32 bits per heavy atom. The van der Waals surface area contributed by atoms with Gasteiger partial charge in [0.1, 0.15) is 5.15 Å². The van der Waals surface area contributed by atoms with Gasteiger partial charge in [0.15, 0.2) is 5.16 Å². The Kier molecular flexibility index (Phi) is 5.34. The number of nitrogens with zero attached hydrogens (tertiary/aromatic N) is 3. The lowest BCUT2D eigenvalue weighted by Gasteiger charge is -2.07. The van der Waals surface area contributed by atoms with Gasteiger partial charge in [0.25, 0.3) is 0 Å². The Labute approximate surface area is 157 Å². The summed E-state index contributed by atoms with van der Waals surface area (Å²) in [6, 6.07) is 10.5. The van der Waals surface area contributed by atoms with Gasteiger partial charge >= 0.3 is 5.97 Å². The molecule has 0 amide bonds. The molecule has 1 N–H and O–H groups in total. The van der Waals surface area contributed by atoms with Crippen LogP contribution in [-0.4, -0.2) is 21.0 Å². The molecule has 5 nitrogen and oxygen atoms in total. The van der Waals surface area contributed by atoms with Crippen molar-refractivity contribution in [2.24, 2.45) is 0 Å². The molecule has 0 bridgehead atoms. The van der Waals surface area contributed by atoms with Gasteiger partial charge in [-0.25, -0.2) is 19.6 Å². The number of aromatic nitrogens is 2. The summed E-state index contributed by atoms with van der Waals surface area (Å²) in [7, 11) is 0. The fraction of sp³-hybridized carbons (Fsp3) is 0.0588. The zero-order valence-electron chi connectivity index (χ0n) is 12.6. The molecule has 8 heteroatoms. The lowest BCUT2D eigenvalue weighted by molar-refractivity contribution is 0.0697.